The first kappa shape index (κ1) is 19.8. The smallest absolute Gasteiger partial charge is 0.227 e. The van der Waals surface area contributed by atoms with E-state index in [4.69, 9.17) is 14.2 Å². The number of rotatable bonds is 7. The second-order valence-corrected chi connectivity index (χ2v) is 6.80. The summed E-state index contributed by atoms with van der Waals surface area (Å²) in [6.07, 6.45) is 7.09. The first-order valence-electron chi connectivity index (χ1n) is 9.48. The average molecular weight is 385 g/mol. The van der Waals surface area contributed by atoms with Crippen LogP contribution in [0.3, 0.4) is 0 Å². The van der Waals surface area contributed by atoms with Crippen molar-refractivity contribution in [3.05, 3.63) is 30.5 Å². The Morgan fingerprint density at radius 2 is 1.64 bits per heavy atom. The third kappa shape index (κ3) is 4.65. The molecule has 0 bridgehead atoms. The fourth-order valence-corrected chi connectivity index (χ4v) is 3.45. The van der Waals surface area contributed by atoms with Crippen LogP contribution in [0.2, 0.25) is 0 Å². The van der Waals surface area contributed by atoms with Crippen LogP contribution in [-0.2, 0) is 4.79 Å². The normalized spacial score (nSPS) is 14.2. The van der Waals surface area contributed by atoms with Crippen molar-refractivity contribution in [3.63, 3.8) is 0 Å². The number of nitrogens with zero attached hydrogens (tertiary/aromatic N) is 1. The average Bonchev–Trinajstić information content (AvgIpc) is 2.75. The van der Waals surface area contributed by atoms with Gasteiger partial charge in [-0.15, -0.1) is 0 Å². The van der Waals surface area contributed by atoms with E-state index in [-0.39, 0.29) is 11.8 Å². The Bertz CT molecular complexity index is 777. The topological polar surface area (TPSA) is 81.7 Å². The van der Waals surface area contributed by atoms with E-state index in [0.29, 0.717) is 28.8 Å². The minimum atomic E-state index is 0.0897. The number of anilines is 3. The maximum absolute atomic E-state index is 12.4. The van der Waals surface area contributed by atoms with Crippen LogP contribution in [-0.4, -0.2) is 32.2 Å². The summed E-state index contributed by atoms with van der Waals surface area (Å²) in [7, 11) is 4.71. The van der Waals surface area contributed by atoms with Gasteiger partial charge >= 0.3 is 0 Å². The largest absolute Gasteiger partial charge is 0.493 e. The van der Waals surface area contributed by atoms with Crippen LogP contribution in [0, 0.1) is 5.92 Å². The van der Waals surface area contributed by atoms with Crippen molar-refractivity contribution in [3.8, 4) is 17.2 Å². The number of carbonyl (C=O) groups excluding carboxylic acids is 1. The van der Waals surface area contributed by atoms with Crippen molar-refractivity contribution < 1.29 is 19.0 Å². The molecule has 1 amide bonds. The van der Waals surface area contributed by atoms with Crippen LogP contribution < -0.4 is 24.8 Å². The van der Waals surface area contributed by atoms with Gasteiger partial charge in [0, 0.05) is 23.7 Å². The molecule has 3 rings (SSSR count). The van der Waals surface area contributed by atoms with Gasteiger partial charge in [-0.05, 0) is 25.0 Å². The fraction of sp³-hybridized carbons (Fsp3) is 0.429. The Morgan fingerprint density at radius 1 is 0.964 bits per heavy atom. The molecule has 1 saturated carbocycles. The van der Waals surface area contributed by atoms with Gasteiger partial charge in [-0.2, -0.15) is 0 Å². The van der Waals surface area contributed by atoms with Crippen LogP contribution >= 0.6 is 0 Å². The molecule has 2 aromatic rings. The molecule has 2 N–H and O–H groups in total. The van der Waals surface area contributed by atoms with Crippen molar-refractivity contribution in [2.75, 3.05) is 32.0 Å². The van der Waals surface area contributed by atoms with Crippen molar-refractivity contribution in [2.24, 2.45) is 5.92 Å². The van der Waals surface area contributed by atoms with E-state index >= 15 is 0 Å². The molecular weight excluding hydrogens is 358 g/mol. The minimum absolute atomic E-state index is 0.0897. The lowest BCUT2D eigenvalue weighted by molar-refractivity contribution is -0.120. The number of ether oxygens (including phenoxy) is 3. The monoisotopic (exact) mass is 385 g/mol. The van der Waals surface area contributed by atoms with Crippen LogP contribution in [0.15, 0.2) is 30.5 Å². The van der Waals surface area contributed by atoms with Crippen LogP contribution in [0.1, 0.15) is 32.1 Å². The maximum Gasteiger partial charge on any atom is 0.227 e. The zero-order valence-corrected chi connectivity index (χ0v) is 16.6. The number of nitrogens with one attached hydrogen (secondary N) is 2. The van der Waals surface area contributed by atoms with E-state index in [1.54, 1.807) is 27.5 Å². The number of carbonyl (C=O) groups is 1. The number of hydrogen-bond acceptors (Lipinski definition) is 6. The summed E-state index contributed by atoms with van der Waals surface area (Å²) >= 11 is 0. The minimum Gasteiger partial charge on any atom is -0.493 e. The van der Waals surface area contributed by atoms with Gasteiger partial charge in [-0.25, -0.2) is 4.98 Å². The highest BCUT2D eigenvalue weighted by atomic mass is 16.5. The molecule has 1 aliphatic rings. The first-order chi connectivity index (χ1) is 13.6. The lowest BCUT2D eigenvalue weighted by Gasteiger charge is -2.20. The molecular formula is C21H27N3O4. The van der Waals surface area contributed by atoms with Crippen molar-refractivity contribution in [1.29, 1.82) is 0 Å². The summed E-state index contributed by atoms with van der Waals surface area (Å²) in [6.45, 7) is 0. The quantitative estimate of drug-likeness (QED) is 0.737. The second kappa shape index (κ2) is 9.30. The Labute approximate surface area is 165 Å². The first-order valence-corrected chi connectivity index (χ1v) is 9.48. The van der Waals surface area contributed by atoms with E-state index in [1.807, 2.05) is 24.3 Å². The summed E-state index contributed by atoms with van der Waals surface area (Å²) in [5, 5.41) is 6.18. The highest BCUT2D eigenvalue weighted by Gasteiger charge is 2.21. The lowest BCUT2D eigenvalue weighted by Crippen LogP contribution is -2.24. The molecule has 0 radical (unpaired) electrons. The van der Waals surface area contributed by atoms with Gasteiger partial charge in [0.05, 0.1) is 33.2 Å². The number of amides is 1. The molecule has 1 aromatic heterocycles. The SMILES string of the molecule is COc1cc(Nc2ccc(NC(=O)C3CCCCC3)cn2)cc(OC)c1OC. The van der Waals surface area contributed by atoms with Crippen molar-refractivity contribution >= 4 is 23.1 Å². The van der Waals surface area contributed by atoms with Crippen molar-refractivity contribution in [1.82, 2.24) is 4.98 Å². The fourth-order valence-electron chi connectivity index (χ4n) is 3.45. The Kier molecular flexibility index (Phi) is 6.57. The van der Waals surface area contributed by atoms with E-state index in [2.05, 4.69) is 15.6 Å². The molecule has 0 spiro atoms. The molecule has 1 aliphatic carbocycles. The third-order valence-electron chi connectivity index (χ3n) is 4.94. The molecule has 0 saturated heterocycles. The van der Waals surface area contributed by atoms with Gasteiger partial charge in [0.1, 0.15) is 5.82 Å². The van der Waals surface area contributed by atoms with Gasteiger partial charge in [0.15, 0.2) is 11.5 Å². The van der Waals surface area contributed by atoms with Crippen LogP contribution in [0.25, 0.3) is 0 Å². The summed E-state index contributed by atoms with van der Waals surface area (Å²) < 4.78 is 16.1. The molecule has 28 heavy (non-hydrogen) atoms. The van der Waals surface area contributed by atoms with E-state index in [1.165, 1.54) is 6.42 Å². The van der Waals surface area contributed by atoms with E-state index in [0.717, 1.165) is 31.4 Å². The Morgan fingerprint density at radius 3 is 2.18 bits per heavy atom. The number of pyridine rings is 1. The van der Waals surface area contributed by atoms with Crippen LogP contribution in [0.4, 0.5) is 17.2 Å². The van der Waals surface area contributed by atoms with Gasteiger partial charge in [-0.1, -0.05) is 19.3 Å². The standard InChI is InChI=1S/C21H27N3O4/c1-26-17-11-16(12-18(27-2)20(17)28-3)23-19-10-9-15(13-22-19)24-21(25)14-7-5-4-6-8-14/h9-14H,4-8H2,1-3H3,(H,22,23)(H,24,25). The van der Waals surface area contributed by atoms with E-state index in [9.17, 15) is 4.79 Å². The molecule has 0 unspecified atom stereocenters. The molecule has 0 atom stereocenters. The molecule has 1 fully saturated rings. The Balaban J connectivity index is 1.68. The summed E-state index contributed by atoms with van der Waals surface area (Å²) in [6, 6.07) is 7.28. The van der Waals surface area contributed by atoms with Crippen molar-refractivity contribution in [2.45, 2.75) is 32.1 Å². The van der Waals surface area contributed by atoms with Gasteiger partial charge in [-0.3, -0.25) is 4.79 Å². The lowest BCUT2D eigenvalue weighted by atomic mass is 9.88. The zero-order valence-electron chi connectivity index (χ0n) is 16.6. The summed E-state index contributed by atoms with van der Waals surface area (Å²) in [5.74, 6) is 2.49. The maximum atomic E-state index is 12.4. The second-order valence-electron chi connectivity index (χ2n) is 6.80. The summed E-state index contributed by atoms with van der Waals surface area (Å²) in [4.78, 5) is 16.7. The highest BCUT2D eigenvalue weighted by Crippen LogP contribution is 2.40. The molecule has 150 valence electrons. The van der Waals surface area contributed by atoms with Gasteiger partial charge in [0.25, 0.3) is 0 Å². The Hall–Kier alpha value is -2.96. The predicted molar refractivity (Wildman–Crippen MR) is 109 cm³/mol. The van der Waals surface area contributed by atoms with Gasteiger partial charge in [0.2, 0.25) is 11.7 Å². The molecule has 7 nitrogen and oxygen atoms in total. The third-order valence-corrected chi connectivity index (χ3v) is 4.94. The summed E-state index contributed by atoms with van der Waals surface area (Å²) in [5.41, 5.74) is 1.45. The van der Waals surface area contributed by atoms with E-state index < -0.39 is 0 Å². The number of hydrogen-bond donors (Lipinski definition) is 2. The number of benzene rings is 1. The molecule has 7 heteroatoms. The van der Waals surface area contributed by atoms with Crippen LogP contribution in [0.5, 0.6) is 17.2 Å². The molecule has 1 heterocycles. The number of aromatic nitrogens is 1. The highest BCUT2D eigenvalue weighted by molar-refractivity contribution is 5.92. The van der Waals surface area contributed by atoms with Gasteiger partial charge < -0.3 is 24.8 Å². The predicted octanol–water partition coefficient (Wildman–Crippen LogP) is 4.37. The number of methoxy groups -OCH3 is 3. The zero-order chi connectivity index (χ0) is 19.9. The molecule has 1 aromatic carbocycles. The molecule has 0 aliphatic heterocycles.